The molecule has 0 radical (unpaired) electrons. The highest BCUT2D eigenvalue weighted by atomic mass is 35.5. The lowest BCUT2D eigenvalue weighted by molar-refractivity contribution is -0.132. The fourth-order valence-corrected chi connectivity index (χ4v) is 5.12. The molecule has 1 aromatic carbocycles. The Bertz CT molecular complexity index is 710. The summed E-state index contributed by atoms with van der Waals surface area (Å²) in [6.07, 6.45) is 0.558. The van der Waals surface area contributed by atoms with Crippen LogP contribution in [0.1, 0.15) is 31.2 Å². The van der Waals surface area contributed by atoms with Crippen molar-refractivity contribution < 1.29 is 9.59 Å². The normalized spacial score (nSPS) is 23.9. The van der Waals surface area contributed by atoms with Crippen LogP contribution in [-0.2, 0) is 9.59 Å². The van der Waals surface area contributed by atoms with E-state index < -0.39 is 0 Å². The Morgan fingerprint density at radius 2 is 1.85 bits per heavy atom. The van der Waals surface area contributed by atoms with Gasteiger partial charge in [-0.05, 0) is 24.6 Å². The van der Waals surface area contributed by atoms with E-state index in [1.54, 1.807) is 17.8 Å². The number of carbonyl (C=O) groups is 2. The molecule has 1 aromatic rings. The summed E-state index contributed by atoms with van der Waals surface area (Å²) in [4.78, 5) is 30.7. The van der Waals surface area contributed by atoms with Crippen molar-refractivity contribution in [1.29, 1.82) is 0 Å². The van der Waals surface area contributed by atoms with Gasteiger partial charge in [0, 0.05) is 45.7 Å². The SMILES string of the molecule is CCC(=O)N1CCN(CCN2C(=O)C(C)SC2c2ccc(Cl)c(Cl)c2)CC1. The van der Waals surface area contributed by atoms with E-state index in [4.69, 9.17) is 23.2 Å². The molecule has 0 N–H and O–H groups in total. The van der Waals surface area contributed by atoms with E-state index in [-0.39, 0.29) is 22.4 Å². The van der Waals surface area contributed by atoms with Crippen LogP contribution in [0.3, 0.4) is 0 Å². The van der Waals surface area contributed by atoms with Gasteiger partial charge in [0.2, 0.25) is 11.8 Å². The van der Waals surface area contributed by atoms with Gasteiger partial charge in [-0.1, -0.05) is 36.2 Å². The second-order valence-corrected chi connectivity index (χ2v) is 9.15. The van der Waals surface area contributed by atoms with Crippen LogP contribution in [0.25, 0.3) is 0 Å². The van der Waals surface area contributed by atoms with Gasteiger partial charge >= 0.3 is 0 Å². The second-order valence-electron chi connectivity index (χ2n) is 6.91. The fraction of sp³-hybridized carbons (Fsp3) is 0.579. The van der Waals surface area contributed by atoms with Gasteiger partial charge in [0.1, 0.15) is 5.37 Å². The molecule has 3 rings (SSSR count). The summed E-state index contributed by atoms with van der Waals surface area (Å²) < 4.78 is 0. The number of amides is 2. The van der Waals surface area contributed by atoms with E-state index in [2.05, 4.69) is 4.90 Å². The number of halogens is 2. The molecule has 0 bridgehead atoms. The Morgan fingerprint density at radius 3 is 2.48 bits per heavy atom. The Hall–Kier alpha value is -0.950. The molecule has 2 aliphatic rings. The first-order valence-corrected chi connectivity index (χ1v) is 11.0. The third kappa shape index (κ3) is 4.73. The van der Waals surface area contributed by atoms with Gasteiger partial charge in [0.15, 0.2) is 0 Å². The maximum atomic E-state index is 12.7. The lowest BCUT2D eigenvalue weighted by Crippen LogP contribution is -2.50. The highest BCUT2D eigenvalue weighted by Gasteiger charge is 2.38. The molecule has 2 amide bonds. The van der Waals surface area contributed by atoms with Crippen molar-refractivity contribution in [3.8, 4) is 0 Å². The predicted molar refractivity (Wildman–Crippen MR) is 111 cm³/mol. The van der Waals surface area contributed by atoms with Crippen molar-refractivity contribution >= 4 is 46.8 Å². The quantitative estimate of drug-likeness (QED) is 0.717. The Balaban J connectivity index is 1.61. The molecule has 2 fully saturated rings. The Kier molecular flexibility index (Phi) is 6.95. The molecule has 2 aliphatic heterocycles. The van der Waals surface area contributed by atoms with Gasteiger partial charge in [-0.3, -0.25) is 14.5 Å². The zero-order chi connectivity index (χ0) is 19.6. The minimum atomic E-state index is -0.0662. The lowest BCUT2D eigenvalue weighted by atomic mass is 10.2. The Labute approximate surface area is 174 Å². The molecule has 148 valence electrons. The minimum absolute atomic E-state index is 0.0368. The number of rotatable bonds is 5. The maximum Gasteiger partial charge on any atom is 0.236 e. The third-order valence-electron chi connectivity index (χ3n) is 5.16. The summed E-state index contributed by atoms with van der Waals surface area (Å²) >= 11 is 13.9. The number of benzene rings is 1. The molecule has 0 spiro atoms. The standard InChI is InChI=1S/C19H25Cl2N3O2S/c1-3-17(25)23-9-6-22(7-10-23)8-11-24-18(26)13(2)27-19(24)14-4-5-15(20)16(21)12-14/h4-5,12-13,19H,3,6-11H2,1-2H3. The van der Waals surface area contributed by atoms with E-state index in [1.807, 2.05) is 35.8 Å². The van der Waals surface area contributed by atoms with Gasteiger partial charge in [-0.15, -0.1) is 11.8 Å². The van der Waals surface area contributed by atoms with Crippen molar-refractivity contribution in [2.75, 3.05) is 39.3 Å². The predicted octanol–water partition coefficient (Wildman–Crippen LogP) is 3.51. The number of piperazine rings is 1. The molecule has 27 heavy (non-hydrogen) atoms. The monoisotopic (exact) mass is 429 g/mol. The number of nitrogens with zero attached hydrogens (tertiary/aromatic N) is 3. The van der Waals surface area contributed by atoms with Crippen LogP contribution < -0.4 is 0 Å². The van der Waals surface area contributed by atoms with Crippen molar-refractivity contribution in [1.82, 2.24) is 14.7 Å². The first-order chi connectivity index (χ1) is 12.9. The summed E-state index contributed by atoms with van der Waals surface area (Å²) in [6, 6.07) is 5.59. The number of hydrogen-bond acceptors (Lipinski definition) is 4. The summed E-state index contributed by atoms with van der Waals surface area (Å²) in [5.41, 5.74) is 1.01. The van der Waals surface area contributed by atoms with Crippen molar-refractivity contribution in [2.24, 2.45) is 0 Å². The van der Waals surface area contributed by atoms with Crippen LogP contribution in [0.5, 0.6) is 0 Å². The molecule has 2 heterocycles. The average Bonchev–Trinajstić information content (AvgIpc) is 2.96. The van der Waals surface area contributed by atoms with Crippen molar-refractivity contribution in [2.45, 2.75) is 30.9 Å². The van der Waals surface area contributed by atoms with Gasteiger partial charge < -0.3 is 9.80 Å². The van der Waals surface area contributed by atoms with Crippen molar-refractivity contribution in [3.05, 3.63) is 33.8 Å². The molecule has 2 atom stereocenters. The van der Waals surface area contributed by atoms with Gasteiger partial charge in [-0.25, -0.2) is 0 Å². The number of carbonyl (C=O) groups excluding carboxylic acids is 2. The first kappa shape index (κ1) is 20.8. The van der Waals surface area contributed by atoms with Gasteiger partial charge in [0.05, 0.1) is 15.3 Å². The highest BCUT2D eigenvalue weighted by molar-refractivity contribution is 8.01. The van der Waals surface area contributed by atoms with E-state index in [0.717, 1.165) is 38.3 Å². The van der Waals surface area contributed by atoms with Crippen LogP contribution in [0.15, 0.2) is 18.2 Å². The van der Waals surface area contributed by atoms with E-state index in [1.165, 1.54) is 0 Å². The minimum Gasteiger partial charge on any atom is -0.340 e. The van der Waals surface area contributed by atoms with Crippen LogP contribution >= 0.6 is 35.0 Å². The van der Waals surface area contributed by atoms with Crippen LogP contribution in [0, 0.1) is 0 Å². The van der Waals surface area contributed by atoms with Gasteiger partial charge in [0.25, 0.3) is 0 Å². The molecule has 2 saturated heterocycles. The molecule has 2 unspecified atom stereocenters. The third-order valence-corrected chi connectivity index (χ3v) is 7.29. The highest BCUT2D eigenvalue weighted by Crippen LogP contribution is 2.43. The smallest absolute Gasteiger partial charge is 0.236 e. The van der Waals surface area contributed by atoms with Gasteiger partial charge in [-0.2, -0.15) is 0 Å². The summed E-state index contributed by atoms with van der Waals surface area (Å²) in [6.45, 7) is 8.57. The lowest BCUT2D eigenvalue weighted by Gasteiger charge is -2.36. The molecule has 8 heteroatoms. The fourth-order valence-electron chi connectivity index (χ4n) is 3.52. The molecule has 0 saturated carbocycles. The average molecular weight is 430 g/mol. The number of hydrogen-bond donors (Lipinski definition) is 0. The molecular formula is C19H25Cl2N3O2S. The van der Waals surface area contributed by atoms with E-state index in [9.17, 15) is 9.59 Å². The van der Waals surface area contributed by atoms with E-state index >= 15 is 0 Å². The first-order valence-electron chi connectivity index (χ1n) is 9.31. The zero-order valence-corrected chi connectivity index (χ0v) is 18.0. The van der Waals surface area contributed by atoms with E-state index in [0.29, 0.717) is 23.0 Å². The van der Waals surface area contributed by atoms with Crippen LogP contribution in [-0.4, -0.2) is 71.0 Å². The summed E-state index contributed by atoms with van der Waals surface area (Å²) in [5.74, 6) is 0.380. The molecule has 0 aliphatic carbocycles. The Morgan fingerprint density at radius 1 is 1.15 bits per heavy atom. The topological polar surface area (TPSA) is 43.9 Å². The second kappa shape index (κ2) is 9.03. The summed E-state index contributed by atoms with van der Waals surface area (Å²) in [5, 5.41) is 0.931. The molecule has 0 aromatic heterocycles. The zero-order valence-electron chi connectivity index (χ0n) is 15.7. The molecular weight excluding hydrogens is 405 g/mol. The van der Waals surface area contributed by atoms with Crippen LogP contribution in [0.2, 0.25) is 10.0 Å². The number of thioether (sulfide) groups is 1. The largest absolute Gasteiger partial charge is 0.340 e. The molecule has 5 nitrogen and oxygen atoms in total. The van der Waals surface area contributed by atoms with Crippen LogP contribution in [0.4, 0.5) is 0 Å². The van der Waals surface area contributed by atoms with Crippen molar-refractivity contribution in [3.63, 3.8) is 0 Å². The summed E-state index contributed by atoms with van der Waals surface area (Å²) in [7, 11) is 0. The maximum absolute atomic E-state index is 12.7.